The number of carbonyl (C=O) groups is 1. The first-order valence-electron chi connectivity index (χ1n) is 9.84. The molecular formula is C20H25BrF2N6O. The van der Waals surface area contributed by atoms with Gasteiger partial charge in [-0.2, -0.15) is 5.10 Å². The number of aromatic nitrogens is 4. The Kier molecular flexibility index (Phi) is 7.19. The fourth-order valence-corrected chi connectivity index (χ4v) is 3.78. The van der Waals surface area contributed by atoms with Gasteiger partial charge in [-0.1, -0.05) is 26.0 Å². The van der Waals surface area contributed by atoms with Gasteiger partial charge in [-0.15, -0.1) is 0 Å². The molecule has 2 aromatic heterocycles. The number of carbonyl (C=O) groups excluding carboxylic acids is 1. The highest BCUT2D eigenvalue weighted by Gasteiger charge is 2.22. The standard InChI is InChI=1S/C20H25BrF2N6O/c1-4-27(5-2)10-11-28-15-9-7-6-8-14(15)24-20(28)25-16(30)12-29-13(3)17(21)18(26-29)19(22)23/h6-9,19H,4-5,10-12H2,1-3H3,(H,24,25,30). The molecule has 0 spiro atoms. The van der Waals surface area contributed by atoms with E-state index in [4.69, 9.17) is 0 Å². The largest absolute Gasteiger partial charge is 0.309 e. The van der Waals surface area contributed by atoms with E-state index in [0.29, 0.717) is 18.2 Å². The van der Waals surface area contributed by atoms with Crippen molar-refractivity contribution in [2.24, 2.45) is 0 Å². The second-order valence-electron chi connectivity index (χ2n) is 6.89. The summed E-state index contributed by atoms with van der Waals surface area (Å²) in [6.45, 7) is 9.02. The van der Waals surface area contributed by atoms with Gasteiger partial charge in [-0.3, -0.25) is 14.8 Å². The minimum Gasteiger partial charge on any atom is -0.309 e. The van der Waals surface area contributed by atoms with Gasteiger partial charge in [-0.25, -0.2) is 13.8 Å². The van der Waals surface area contributed by atoms with E-state index in [-0.39, 0.29) is 22.6 Å². The lowest BCUT2D eigenvalue weighted by molar-refractivity contribution is -0.117. The number of para-hydroxylation sites is 2. The van der Waals surface area contributed by atoms with Gasteiger partial charge in [0.2, 0.25) is 11.9 Å². The minimum absolute atomic E-state index is 0.184. The van der Waals surface area contributed by atoms with Gasteiger partial charge >= 0.3 is 0 Å². The second-order valence-corrected chi connectivity index (χ2v) is 7.69. The smallest absolute Gasteiger partial charge is 0.283 e. The second kappa shape index (κ2) is 9.65. The molecule has 1 amide bonds. The number of anilines is 1. The molecule has 3 rings (SSSR count). The molecule has 0 aliphatic carbocycles. The van der Waals surface area contributed by atoms with E-state index in [9.17, 15) is 13.6 Å². The van der Waals surface area contributed by atoms with Crippen LogP contribution in [0.5, 0.6) is 0 Å². The predicted octanol–water partition coefficient (Wildman–Crippen LogP) is 4.22. The molecule has 30 heavy (non-hydrogen) atoms. The molecule has 10 heteroatoms. The summed E-state index contributed by atoms with van der Waals surface area (Å²) in [4.78, 5) is 19.5. The summed E-state index contributed by atoms with van der Waals surface area (Å²) in [7, 11) is 0. The van der Waals surface area contributed by atoms with E-state index in [1.807, 2.05) is 28.8 Å². The van der Waals surface area contributed by atoms with Gasteiger partial charge in [0, 0.05) is 13.1 Å². The number of nitrogens with one attached hydrogen (secondary N) is 1. The highest BCUT2D eigenvalue weighted by molar-refractivity contribution is 9.10. The number of hydrogen-bond acceptors (Lipinski definition) is 4. The van der Waals surface area contributed by atoms with E-state index < -0.39 is 6.43 Å². The molecular weight excluding hydrogens is 458 g/mol. The van der Waals surface area contributed by atoms with Gasteiger partial charge in [0.15, 0.2) is 0 Å². The number of amides is 1. The van der Waals surface area contributed by atoms with Gasteiger partial charge in [0.25, 0.3) is 6.43 Å². The zero-order chi connectivity index (χ0) is 21.8. The van der Waals surface area contributed by atoms with Crippen molar-refractivity contribution in [3.05, 3.63) is 40.1 Å². The van der Waals surface area contributed by atoms with Crippen molar-refractivity contribution in [1.29, 1.82) is 0 Å². The lowest BCUT2D eigenvalue weighted by Gasteiger charge is -2.19. The van der Waals surface area contributed by atoms with Crippen LogP contribution in [0.25, 0.3) is 11.0 Å². The van der Waals surface area contributed by atoms with Gasteiger partial charge < -0.3 is 9.47 Å². The maximum atomic E-state index is 13.1. The van der Waals surface area contributed by atoms with Gasteiger partial charge in [-0.05, 0) is 48.1 Å². The average molecular weight is 483 g/mol. The van der Waals surface area contributed by atoms with Crippen LogP contribution in [-0.2, 0) is 17.9 Å². The third kappa shape index (κ3) is 4.70. The Morgan fingerprint density at radius 3 is 2.60 bits per heavy atom. The number of halogens is 3. The quantitative estimate of drug-likeness (QED) is 0.495. The number of fused-ring (bicyclic) bond motifs is 1. The SMILES string of the molecule is CCN(CC)CCn1c(NC(=O)Cn2nc(C(F)F)c(Br)c2C)nc2ccccc21. The molecule has 1 aromatic carbocycles. The van der Waals surface area contributed by atoms with E-state index in [1.54, 1.807) is 6.92 Å². The molecule has 2 heterocycles. The minimum atomic E-state index is -2.72. The molecule has 0 bridgehead atoms. The monoisotopic (exact) mass is 482 g/mol. The molecule has 0 unspecified atom stereocenters. The van der Waals surface area contributed by atoms with Crippen LogP contribution in [-0.4, -0.2) is 49.8 Å². The normalized spacial score (nSPS) is 11.7. The first-order chi connectivity index (χ1) is 14.3. The van der Waals surface area contributed by atoms with Crippen LogP contribution in [0.15, 0.2) is 28.7 Å². The summed E-state index contributed by atoms with van der Waals surface area (Å²) in [6.07, 6.45) is -2.72. The zero-order valence-electron chi connectivity index (χ0n) is 17.2. The third-order valence-corrected chi connectivity index (χ3v) is 6.08. The Morgan fingerprint density at radius 1 is 1.27 bits per heavy atom. The Morgan fingerprint density at radius 2 is 1.97 bits per heavy atom. The van der Waals surface area contributed by atoms with E-state index in [2.05, 4.69) is 50.1 Å². The van der Waals surface area contributed by atoms with Crippen LogP contribution in [0.1, 0.15) is 31.7 Å². The predicted molar refractivity (Wildman–Crippen MR) is 116 cm³/mol. The fourth-order valence-electron chi connectivity index (χ4n) is 3.32. The van der Waals surface area contributed by atoms with Crippen molar-refractivity contribution in [2.45, 2.75) is 40.3 Å². The fraction of sp³-hybridized carbons (Fsp3) is 0.450. The number of imidazole rings is 1. The first-order valence-corrected chi connectivity index (χ1v) is 10.6. The summed E-state index contributed by atoms with van der Waals surface area (Å²) in [5.74, 6) is 0.0552. The van der Waals surface area contributed by atoms with Crippen molar-refractivity contribution < 1.29 is 13.6 Å². The lowest BCUT2D eigenvalue weighted by atomic mass is 10.3. The van der Waals surface area contributed by atoms with E-state index in [0.717, 1.165) is 30.7 Å². The van der Waals surface area contributed by atoms with Crippen LogP contribution < -0.4 is 5.32 Å². The van der Waals surface area contributed by atoms with Crippen molar-refractivity contribution in [1.82, 2.24) is 24.2 Å². The molecule has 0 aliphatic rings. The summed E-state index contributed by atoms with van der Waals surface area (Å²) in [5.41, 5.74) is 1.81. The molecule has 0 radical (unpaired) electrons. The maximum absolute atomic E-state index is 13.1. The van der Waals surface area contributed by atoms with Crippen LogP contribution in [0.4, 0.5) is 14.7 Å². The Balaban J connectivity index is 1.82. The van der Waals surface area contributed by atoms with Gasteiger partial charge in [0.1, 0.15) is 12.2 Å². The summed E-state index contributed by atoms with van der Waals surface area (Å²) in [6, 6.07) is 7.68. The Labute approximate surface area is 182 Å². The molecule has 162 valence electrons. The molecule has 0 aliphatic heterocycles. The lowest BCUT2D eigenvalue weighted by Crippen LogP contribution is -2.28. The topological polar surface area (TPSA) is 68.0 Å². The van der Waals surface area contributed by atoms with Gasteiger partial charge in [0.05, 0.1) is 21.2 Å². The molecule has 1 N–H and O–H groups in total. The van der Waals surface area contributed by atoms with Crippen LogP contribution in [0, 0.1) is 6.92 Å². The Hall–Kier alpha value is -2.33. The summed E-state index contributed by atoms with van der Waals surface area (Å²) < 4.78 is 29.6. The number of rotatable bonds is 9. The van der Waals surface area contributed by atoms with Crippen molar-refractivity contribution >= 4 is 38.8 Å². The van der Waals surface area contributed by atoms with Crippen molar-refractivity contribution in [3.8, 4) is 0 Å². The molecule has 0 fully saturated rings. The third-order valence-electron chi connectivity index (χ3n) is 5.10. The molecule has 3 aromatic rings. The highest BCUT2D eigenvalue weighted by atomic mass is 79.9. The molecule has 0 saturated heterocycles. The number of benzene rings is 1. The van der Waals surface area contributed by atoms with Crippen molar-refractivity contribution in [3.63, 3.8) is 0 Å². The van der Waals surface area contributed by atoms with Crippen LogP contribution in [0.2, 0.25) is 0 Å². The Bertz CT molecular complexity index is 1030. The summed E-state index contributed by atoms with van der Waals surface area (Å²) in [5, 5.41) is 6.69. The number of likely N-dealkylation sites (N-methyl/N-ethyl adjacent to an activating group) is 1. The zero-order valence-corrected chi connectivity index (χ0v) is 18.8. The number of hydrogen-bond donors (Lipinski definition) is 1. The molecule has 7 nitrogen and oxygen atoms in total. The maximum Gasteiger partial charge on any atom is 0.283 e. The first kappa shape index (κ1) is 22.4. The molecule has 0 atom stereocenters. The highest BCUT2D eigenvalue weighted by Crippen LogP contribution is 2.29. The van der Waals surface area contributed by atoms with E-state index >= 15 is 0 Å². The van der Waals surface area contributed by atoms with E-state index in [1.165, 1.54) is 4.68 Å². The average Bonchev–Trinajstić information content (AvgIpc) is 3.20. The molecule has 0 saturated carbocycles. The summed E-state index contributed by atoms with van der Waals surface area (Å²) >= 11 is 3.12. The van der Waals surface area contributed by atoms with Crippen LogP contribution >= 0.6 is 15.9 Å². The van der Waals surface area contributed by atoms with Crippen LogP contribution in [0.3, 0.4) is 0 Å². The number of alkyl halides is 2. The van der Waals surface area contributed by atoms with Crippen molar-refractivity contribution in [2.75, 3.05) is 25.0 Å². The number of nitrogens with zero attached hydrogens (tertiary/aromatic N) is 5.